The number of aromatic nitrogens is 1. The zero-order chi connectivity index (χ0) is 18.0. The van der Waals surface area contributed by atoms with Gasteiger partial charge in [0.05, 0.1) is 37.9 Å². The average Bonchev–Trinajstić information content (AvgIpc) is 2.98. The van der Waals surface area contributed by atoms with Crippen LogP contribution in [-0.4, -0.2) is 26.2 Å². The number of fused-ring (bicyclic) bond motifs is 1. The molecule has 0 amide bonds. The van der Waals surface area contributed by atoms with Crippen LogP contribution in [0.25, 0.3) is 10.2 Å². The van der Waals surface area contributed by atoms with Crippen molar-refractivity contribution in [1.82, 2.24) is 4.98 Å². The Hall–Kier alpha value is -3.60. The third-order valence-electron chi connectivity index (χ3n) is 3.17. The van der Waals surface area contributed by atoms with E-state index in [1.807, 2.05) is 24.3 Å². The molecule has 0 saturated heterocycles. The Morgan fingerprint density at radius 2 is 1.96 bits per heavy atom. The van der Waals surface area contributed by atoms with E-state index in [-0.39, 0.29) is 5.56 Å². The van der Waals surface area contributed by atoms with E-state index in [1.165, 1.54) is 11.3 Å². The first-order valence-electron chi connectivity index (χ1n) is 6.76. The van der Waals surface area contributed by atoms with E-state index in [1.54, 1.807) is 0 Å². The molecule has 0 spiro atoms. The number of benzene rings is 2. The van der Waals surface area contributed by atoms with Crippen molar-refractivity contribution < 1.29 is 15.0 Å². The summed E-state index contributed by atoms with van der Waals surface area (Å²) in [4.78, 5) is 24.3. The molecule has 0 fully saturated rings. The summed E-state index contributed by atoms with van der Waals surface area (Å²) < 4.78 is 0.939. The van der Waals surface area contributed by atoms with Crippen LogP contribution in [0.1, 0.15) is 5.56 Å². The lowest BCUT2D eigenvalue weighted by Gasteiger charge is -2.01. The normalized spacial score (nSPS) is 11.0. The number of hydrogen-bond donors (Lipinski definition) is 2. The van der Waals surface area contributed by atoms with Gasteiger partial charge in [-0.3, -0.25) is 25.7 Å². The minimum absolute atomic E-state index is 0.158. The zero-order valence-electron chi connectivity index (χ0n) is 12.3. The average molecular weight is 359 g/mol. The highest BCUT2D eigenvalue weighted by Crippen LogP contribution is 2.33. The monoisotopic (exact) mass is 359 g/mol. The number of non-ortho nitro benzene ring substituents is 1. The van der Waals surface area contributed by atoms with Crippen LogP contribution < -0.4 is 5.43 Å². The fourth-order valence-corrected chi connectivity index (χ4v) is 2.86. The number of thiazole rings is 1. The first kappa shape index (κ1) is 16.3. The summed E-state index contributed by atoms with van der Waals surface area (Å²) >= 11 is 1.34. The molecule has 2 aromatic carbocycles. The molecule has 126 valence electrons. The minimum Gasteiger partial charge on any atom is -0.502 e. The SMILES string of the molecule is O=[N+]([O-])c1cc(/C=N\Nc2nc3ccccc3s2)c(O)c([N+](=O)[O-])c1. The molecule has 0 radical (unpaired) electrons. The molecule has 0 aliphatic rings. The Morgan fingerprint density at radius 1 is 1.20 bits per heavy atom. The summed E-state index contributed by atoms with van der Waals surface area (Å²) in [7, 11) is 0. The standard InChI is InChI=1S/C14H9N5O5S/c20-13-8(5-9(18(21)22)6-11(13)19(23)24)7-15-17-14-16-10-3-1-2-4-12(10)25-14/h1-7,20H,(H,16,17)/b15-7-. The second-order valence-electron chi connectivity index (χ2n) is 4.77. The van der Waals surface area contributed by atoms with Gasteiger partial charge in [-0.15, -0.1) is 0 Å². The molecule has 11 heteroatoms. The van der Waals surface area contributed by atoms with Gasteiger partial charge >= 0.3 is 5.69 Å². The van der Waals surface area contributed by atoms with Crippen LogP contribution in [0, 0.1) is 20.2 Å². The molecule has 0 aliphatic heterocycles. The fourth-order valence-electron chi connectivity index (χ4n) is 2.05. The van der Waals surface area contributed by atoms with Crippen molar-refractivity contribution >= 4 is 44.3 Å². The van der Waals surface area contributed by atoms with Crippen molar-refractivity contribution in [3.05, 3.63) is 62.2 Å². The summed E-state index contributed by atoms with van der Waals surface area (Å²) in [5.41, 5.74) is 1.96. The van der Waals surface area contributed by atoms with Gasteiger partial charge in [0.1, 0.15) is 0 Å². The van der Waals surface area contributed by atoms with Crippen LogP contribution in [0.15, 0.2) is 41.5 Å². The van der Waals surface area contributed by atoms with Crippen molar-refractivity contribution in [3.63, 3.8) is 0 Å². The number of nitro benzene ring substituents is 2. The van der Waals surface area contributed by atoms with Crippen LogP contribution in [-0.2, 0) is 0 Å². The van der Waals surface area contributed by atoms with Crippen molar-refractivity contribution in [3.8, 4) is 5.75 Å². The molecule has 25 heavy (non-hydrogen) atoms. The second-order valence-corrected chi connectivity index (χ2v) is 5.80. The lowest BCUT2D eigenvalue weighted by molar-refractivity contribution is -0.394. The maximum absolute atomic E-state index is 10.9. The van der Waals surface area contributed by atoms with Crippen LogP contribution in [0.4, 0.5) is 16.5 Å². The Balaban J connectivity index is 1.89. The Bertz CT molecular complexity index is 983. The summed E-state index contributed by atoms with van der Waals surface area (Å²) in [6, 6.07) is 9.11. The highest BCUT2D eigenvalue weighted by atomic mass is 32.1. The third kappa shape index (κ3) is 3.35. The highest BCUT2D eigenvalue weighted by molar-refractivity contribution is 7.22. The number of rotatable bonds is 5. The topological polar surface area (TPSA) is 144 Å². The Morgan fingerprint density at radius 3 is 2.64 bits per heavy atom. The molecule has 1 aromatic heterocycles. The number of nitrogens with zero attached hydrogens (tertiary/aromatic N) is 4. The summed E-state index contributed by atoms with van der Waals surface area (Å²) in [6.45, 7) is 0. The number of hydrogen-bond acceptors (Lipinski definition) is 9. The van der Waals surface area contributed by atoms with Gasteiger partial charge < -0.3 is 5.11 Å². The lowest BCUT2D eigenvalue weighted by Crippen LogP contribution is -1.97. The number of phenols is 1. The summed E-state index contributed by atoms with van der Waals surface area (Å²) in [6.07, 6.45) is 1.06. The van der Waals surface area contributed by atoms with Crippen LogP contribution in [0.2, 0.25) is 0 Å². The molecule has 2 N–H and O–H groups in total. The molecular formula is C14H9N5O5S. The maximum atomic E-state index is 10.9. The minimum atomic E-state index is -0.902. The number of hydrazone groups is 1. The van der Waals surface area contributed by atoms with E-state index < -0.39 is 27.0 Å². The molecule has 3 aromatic rings. The first-order valence-corrected chi connectivity index (χ1v) is 7.58. The van der Waals surface area contributed by atoms with Gasteiger partial charge in [-0.05, 0) is 12.1 Å². The van der Waals surface area contributed by atoms with Gasteiger partial charge in [-0.1, -0.05) is 23.5 Å². The molecule has 3 rings (SSSR count). The molecule has 0 saturated carbocycles. The van der Waals surface area contributed by atoms with Gasteiger partial charge in [0.2, 0.25) is 10.9 Å². The van der Waals surface area contributed by atoms with Crippen molar-refractivity contribution in [2.24, 2.45) is 5.10 Å². The van der Waals surface area contributed by atoms with E-state index in [9.17, 15) is 25.3 Å². The summed E-state index contributed by atoms with van der Waals surface area (Å²) in [5, 5.41) is 36.0. The molecule has 0 atom stereocenters. The van der Waals surface area contributed by atoms with Crippen LogP contribution in [0.5, 0.6) is 5.75 Å². The predicted molar refractivity (Wildman–Crippen MR) is 92.3 cm³/mol. The number of nitro groups is 2. The predicted octanol–water partition coefficient (Wildman–Crippen LogP) is 3.26. The fraction of sp³-hybridized carbons (Fsp3) is 0. The molecular weight excluding hydrogens is 350 g/mol. The highest BCUT2D eigenvalue weighted by Gasteiger charge is 2.23. The second kappa shape index (κ2) is 6.49. The van der Waals surface area contributed by atoms with Gasteiger partial charge in [0, 0.05) is 6.07 Å². The zero-order valence-corrected chi connectivity index (χ0v) is 13.1. The number of nitrogens with one attached hydrogen (secondary N) is 1. The maximum Gasteiger partial charge on any atom is 0.318 e. The quantitative estimate of drug-likeness (QED) is 0.404. The van der Waals surface area contributed by atoms with E-state index in [4.69, 9.17) is 0 Å². The van der Waals surface area contributed by atoms with Gasteiger partial charge in [0.15, 0.2) is 0 Å². The molecule has 10 nitrogen and oxygen atoms in total. The number of para-hydroxylation sites is 1. The van der Waals surface area contributed by atoms with Gasteiger partial charge in [0.25, 0.3) is 5.69 Å². The van der Waals surface area contributed by atoms with E-state index >= 15 is 0 Å². The van der Waals surface area contributed by atoms with Crippen molar-refractivity contribution in [1.29, 1.82) is 0 Å². The van der Waals surface area contributed by atoms with Crippen LogP contribution in [0.3, 0.4) is 0 Å². The molecule has 0 bridgehead atoms. The smallest absolute Gasteiger partial charge is 0.318 e. The van der Waals surface area contributed by atoms with E-state index in [0.717, 1.165) is 22.5 Å². The van der Waals surface area contributed by atoms with Gasteiger partial charge in [-0.2, -0.15) is 5.10 Å². The van der Waals surface area contributed by atoms with Crippen LogP contribution >= 0.6 is 11.3 Å². The van der Waals surface area contributed by atoms with E-state index in [0.29, 0.717) is 11.2 Å². The molecule has 0 aliphatic carbocycles. The largest absolute Gasteiger partial charge is 0.502 e. The Kier molecular flexibility index (Phi) is 4.22. The first-order chi connectivity index (χ1) is 12.0. The molecule has 1 heterocycles. The number of phenolic OH excluding ortho intramolecular Hbond substituents is 1. The van der Waals surface area contributed by atoms with Crippen molar-refractivity contribution in [2.75, 3.05) is 5.43 Å². The summed E-state index contributed by atoms with van der Waals surface area (Å²) in [5.74, 6) is -0.703. The Labute approximate surface area is 143 Å². The lowest BCUT2D eigenvalue weighted by atomic mass is 10.1. The van der Waals surface area contributed by atoms with E-state index in [2.05, 4.69) is 15.5 Å². The van der Waals surface area contributed by atoms with Gasteiger partial charge in [-0.25, -0.2) is 4.98 Å². The third-order valence-corrected chi connectivity index (χ3v) is 4.11. The number of anilines is 1. The number of aromatic hydroxyl groups is 1. The van der Waals surface area contributed by atoms with Crippen molar-refractivity contribution in [2.45, 2.75) is 0 Å². The molecule has 0 unspecified atom stereocenters.